The van der Waals surface area contributed by atoms with Gasteiger partial charge in [-0.05, 0) is 207 Å². The largest absolute Gasteiger partial charge is 0.455 e. The molecule has 0 saturated heterocycles. The second kappa shape index (κ2) is 18.1. The van der Waals surface area contributed by atoms with Gasteiger partial charge in [0, 0.05) is 80.1 Å². The van der Waals surface area contributed by atoms with E-state index in [0.29, 0.717) is 0 Å². The highest BCUT2D eigenvalue weighted by Crippen LogP contribution is 2.74. The van der Waals surface area contributed by atoms with Gasteiger partial charge in [-0.2, -0.15) is 0 Å². The van der Waals surface area contributed by atoms with Gasteiger partial charge in [0.15, 0.2) is 0 Å². The summed E-state index contributed by atoms with van der Waals surface area (Å²) in [4.78, 5) is 10.3. The van der Waals surface area contributed by atoms with Crippen LogP contribution in [0.4, 0.5) is 68.2 Å². The van der Waals surface area contributed by atoms with E-state index < -0.39 is 29.6 Å². The van der Waals surface area contributed by atoms with Crippen LogP contribution in [-0.4, -0.2) is 0 Å². The van der Waals surface area contributed by atoms with Gasteiger partial charge in [-0.25, -0.2) is 0 Å². The monoisotopic (exact) mass is 1200 g/mol. The van der Waals surface area contributed by atoms with Gasteiger partial charge in [0.2, 0.25) is 0 Å². The van der Waals surface area contributed by atoms with Gasteiger partial charge in [-0.15, -0.1) is 0 Å². The first-order valence-corrected chi connectivity index (χ1v) is 34.0. The molecule has 11 aromatic rings. The molecule has 0 radical (unpaired) electrons. The van der Waals surface area contributed by atoms with Crippen LogP contribution in [0.25, 0.3) is 22.3 Å². The summed E-state index contributed by atoms with van der Waals surface area (Å²) in [7, 11) is -1.26. The molecule has 0 bridgehead atoms. The van der Waals surface area contributed by atoms with E-state index >= 15 is 0 Å². The molecule has 5 heterocycles. The van der Waals surface area contributed by atoms with Crippen LogP contribution < -0.4 is 40.3 Å². The van der Waals surface area contributed by atoms with Crippen molar-refractivity contribution in [2.45, 2.75) is 126 Å². The van der Waals surface area contributed by atoms with Gasteiger partial charge in [0.05, 0.1) is 44.7 Å². The smallest absolute Gasteiger partial charge is 0.142 e. The van der Waals surface area contributed by atoms with Gasteiger partial charge in [0.25, 0.3) is 0 Å². The van der Waals surface area contributed by atoms with Crippen LogP contribution in [0.5, 0.6) is 11.5 Å². The van der Waals surface area contributed by atoms with Crippen LogP contribution in [0.2, 0.25) is 0 Å². The molecule has 446 valence electrons. The second-order valence-corrected chi connectivity index (χ2v) is 31.6. The summed E-state index contributed by atoms with van der Waals surface area (Å²) in [6.07, 6.45) is 0. The van der Waals surface area contributed by atoms with Crippen molar-refractivity contribution in [1.29, 1.82) is 0 Å². The zero-order valence-corrected chi connectivity index (χ0v) is 55.9. The minimum Gasteiger partial charge on any atom is -0.455 e. The number of anilines is 12. The summed E-state index contributed by atoms with van der Waals surface area (Å²) < 4.78 is 8.61. The van der Waals surface area contributed by atoms with Crippen molar-refractivity contribution in [2.75, 3.05) is 19.6 Å². The number of fused-ring (bicyclic) bond motifs is 16. The fourth-order valence-electron chi connectivity index (χ4n) is 17.6. The van der Waals surface area contributed by atoms with E-state index in [0.717, 1.165) is 45.6 Å². The lowest BCUT2D eigenvalue weighted by Gasteiger charge is -2.55. The maximum absolute atomic E-state index is 8.61. The zero-order chi connectivity index (χ0) is 62.6. The van der Waals surface area contributed by atoms with Crippen molar-refractivity contribution >= 4 is 92.1 Å². The number of benzene rings is 11. The van der Waals surface area contributed by atoms with Crippen LogP contribution in [0.1, 0.15) is 139 Å². The number of aryl methyl sites for hydroxylation is 7. The lowest BCUT2D eigenvalue weighted by molar-refractivity contribution is 0.454. The van der Waals surface area contributed by atoms with Gasteiger partial charge in [0.1, 0.15) is 11.5 Å². The molecule has 5 aliphatic heterocycles. The van der Waals surface area contributed by atoms with E-state index in [-0.39, 0.29) is 0 Å². The molecule has 0 aromatic heterocycles. The van der Waals surface area contributed by atoms with Gasteiger partial charge >= 0.3 is 0 Å². The first-order chi connectivity index (χ1) is 43.5. The van der Waals surface area contributed by atoms with E-state index in [2.05, 4.69) is 305 Å². The molecule has 5 nitrogen and oxygen atoms in total. The Morgan fingerprint density at radius 3 is 0.967 bits per heavy atom. The maximum atomic E-state index is 8.61. The van der Waals surface area contributed by atoms with Crippen LogP contribution >= 0.6 is 7.92 Å². The van der Waals surface area contributed by atoms with Gasteiger partial charge in [-0.3, -0.25) is 0 Å². The molecular weight excluding hydrogens is 1120 g/mol. The first kappa shape index (κ1) is 54.8. The number of rotatable bonds is 6. The number of ether oxygens (including phenoxy) is 1. The van der Waals surface area contributed by atoms with Crippen molar-refractivity contribution in [3.8, 4) is 33.8 Å². The van der Waals surface area contributed by atoms with Gasteiger partial charge < -0.3 is 24.3 Å². The standard InChI is InChI=1S/C85H75N4OP/c1-46-16-26-53(27-17-46)86(54-28-18-47(2)19-29-54)57-34-36-59-61(44-57)82(8,9)73-69(59)71-75-80-77(73)90-78-74-70(60-37-35-58(45-62(60)83(74,10)11)87(55-30-20-48(3)21-31-55)56-32-22-49(4)23-33-56)72-76-81(78)91(80)79-67(88(75)65-38-24-50(5)40-63(65)84(71,12)13)42-52(7)43-68(79)89(76)66-39-25-51(6)41-64(66)85(72,14)15/h16-45H,1-15H3. The molecule has 7 aliphatic rings. The topological polar surface area (TPSA) is 22.2 Å². The van der Waals surface area contributed by atoms with E-state index in [4.69, 9.17) is 4.74 Å². The highest BCUT2D eigenvalue weighted by molar-refractivity contribution is 7.82. The maximum Gasteiger partial charge on any atom is 0.142 e. The quantitative estimate of drug-likeness (QED) is 0.154. The second-order valence-electron chi connectivity index (χ2n) is 29.6. The Hall–Kier alpha value is -9.15. The predicted molar refractivity (Wildman–Crippen MR) is 384 cm³/mol. The highest BCUT2D eigenvalue weighted by Gasteiger charge is 2.60. The van der Waals surface area contributed by atoms with E-state index in [1.807, 2.05) is 0 Å². The molecule has 18 rings (SSSR count). The molecular formula is C85H75N4OP. The minimum atomic E-state index is -1.26. The van der Waals surface area contributed by atoms with Crippen LogP contribution in [0.3, 0.4) is 0 Å². The zero-order valence-electron chi connectivity index (χ0n) is 55.0. The minimum absolute atomic E-state index is 0.400. The average molecular weight is 1200 g/mol. The molecule has 0 saturated carbocycles. The molecule has 0 atom stereocenters. The molecule has 0 unspecified atom stereocenters. The molecule has 91 heavy (non-hydrogen) atoms. The lowest BCUT2D eigenvalue weighted by Crippen LogP contribution is -2.49. The molecule has 0 amide bonds. The Morgan fingerprint density at radius 2 is 0.615 bits per heavy atom. The SMILES string of the molecule is Cc1ccc(N(c2ccc(C)cc2)c2ccc3c(c2)C(C)(C)c2c4c5c6c(c2-3)C(C)(C)c2cc(C)ccc2N6c2cc(C)cc3c2P5c2c(c5c(c6c2N3c2ccc(C)cc2C6(C)C)-c2ccc(N(c3ccc(C)cc3)c3ccc(C)cc3)cc2C5(C)C)O4)cc1. The Balaban J connectivity index is 0.955. The summed E-state index contributed by atoms with van der Waals surface area (Å²) in [5.74, 6) is 2.10. The summed E-state index contributed by atoms with van der Waals surface area (Å²) in [6.45, 7) is 35.6. The average Bonchev–Trinajstić information content (AvgIpc) is 1.64. The summed E-state index contributed by atoms with van der Waals surface area (Å²) in [6, 6.07) is 70.5. The molecule has 0 spiro atoms. The Labute approximate surface area is 538 Å². The van der Waals surface area contributed by atoms with E-state index in [1.54, 1.807) is 0 Å². The third kappa shape index (κ3) is 7.06. The number of hydrogen-bond acceptors (Lipinski definition) is 5. The lowest BCUT2D eigenvalue weighted by atomic mass is 9.68. The van der Waals surface area contributed by atoms with Crippen molar-refractivity contribution in [3.63, 3.8) is 0 Å². The Morgan fingerprint density at radius 1 is 0.297 bits per heavy atom. The number of nitrogens with zero attached hydrogens (tertiary/aromatic N) is 4. The van der Waals surface area contributed by atoms with Crippen molar-refractivity contribution < 1.29 is 4.74 Å². The molecule has 0 fully saturated rings. The third-order valence-electron chi connectivity index (χ3n) is 22.0. The summed E-state index contributed by atoms with van der Waals surface area (Å²) in [5.41, 5.74) is 37.5. The summed E-state index contributed by atoms with van der Waals surface area (Å²) in [5, 5.41) is 4.16. The van der Waals surface area contributed by atoms with E-state index in [9.17, 15) is 0 Å². The first-order valence-electron chi connectivity index (χ1n) is 32.7. The fourth-order valence-corrected chi connectivity index (χ4v) is 20.6. The fraction of sp³-hybridized carbons (Fsp3) is 0.224. The van der Waals surface area contributed by atoms with Crippen LogP contribution in [0, 0.1) is 48.5 Å². The molecule has 11 aromatic carbocycles. The highest BCUT2D eigenvalue weighted by atomic mass is 31.1. The van der Waals surface area contributed by atoms with Crippen molar-refractivity contribution in [1.82, 2.24) is 0 Å². The Bertz CT molecular complexity index is 4700. The molecule has 2 aliphatic carbocycles. The third-order valence-corrected chi connectivity index (χ3v) is 24.7. The molecule has 0 N–H and O–H groups in total. The molecule has 6 heteroatoms. The van der Waals surface area contributed by atoms with Gasteiger partial charge in [-0.1, -0.05) is 174 Å². The normalized spacial score (nSPS) is 16.4. The van der Waals surface area contributed by atoms with Crippen molar-refractivity contribution in [2.24, 2.45) is 0 Å². The van der Waals surface area contributed by atoms with Crippen LogP contribution in [-0.2, 0) is 21.7 Å². The summed E-state index contributed by atoms with van der Waals surface area (Å²) >= 11 is 0. The van der Waals surface area contributed by atoms with E-state index in [1.165, 1.54) is 156 Å². The Kier molecular flexibility index (Phi) is 10.9. The predicted octanol–water partition coefficient (Wildman–Crippen LogP) is 22.1. The van der Waals surface area contributed by atoms with Crippen LogP contribution in [0.15, 0.2) is 182 Å². The van der Waals surface area contributed by atoms with Crippen molar-refractivity contribution in [3.05, 3.63) is 265 Å². The number of hydrogen-bond donors (Lipinski definition) is 0.